The molecule has 89 heavy (non-hydrogen) atoms. The fraction of sp³-hybridized carbons (Fsp3) is 0.965. The third kappa shape index (κ3) is 58.4. The second-order valence-corrected chi connectivity index (χ2v) is 41.7. The Hall–Kier alpha value is -0.639. The van der Waals surface area contributed by atoms with Crippen LogP contribution < -0.4 is 21.7 Å². The highest BCUT2D eigenvalue weighted by Crippen LogP contribution is 2.18. The Morgan fingerprint density at radius 1 is 0.337 bits per heavy atom. The van der Waals surface area contributed by atoms with Crippen LogP contribution in [0.3, 0.4) is 0 Å². The van der Waals surface area contributed by atoms with Crippen molar-refractivity contribution >= 4 is 64.0 Å². The van der Waals surface area contributed by atoms with Crippen molar-refractivity contribution in [3.05, 3.63) is 0 Å². The molecule has 0 aromatic rings. The Balaban J connectivity index is -0.000000236. The molecule has 26 nitrogen and oxygen atoms in total. The van der Waals surface area contributed by atoms with E-state index in [0.29, 0.717) is 25.9 Å². The Kier molecular flexibility index (Phi) is 73.7. The summed E-state index contributed by atoms with van der Waals surface area (Å²) in [4.78, 5) is 28.6. The summed E-state index contributed by atoms with van der Waals surface area (Å²) >= 11 is 0. The summed E-state index contributed by atoms with van der Waals surface area (Å²) in [5.74, 6) is -0.391. The van der Waals surface area contributed by atoms with E-state index in [4.69, 9.17) is 72.1 Å². The topological polar surface area (TPSA) is 263 Å². The molecule has 0 aromatic carbocycles. The second-order valence-electron chi connectivity index (χ2n) is 21.6. The van der Waals surface area contributed by atoms with Gasteiger partial charge in [-0.3, -0.25) is 9.59 Å². The first kappa shape index (κ1) is 99.4. The lowest BCUT2D eigenvalue weighted by molar-refractivity contribution is -0.141. The number of rotatable bonds is 52. The van der Waals surface area contributed by atoms with Gasteiger partial charge in [0, 0.05) is 157 Å². The number of carbonyl (C=O) groups is 2. The first-order valence-corrected chi connectivity index (χ1v) is 44.8. The van der Waals surface area contributed by atoms with E-state index in [1.54, 1.807) is 107 Å². The lowest BCUT2D eigenvalue weighted by atomic mass is 10.2. The van der Waals surface area contributed by atoms with Gasteiger partial charge in [0.15, 0.2) is 0 Å². The molecule has 0 atom stereocenters. The Labute approximate surface area is 551 Å². The molecule has 542 valence electrons. The fourth-order valence-corrected chi connectivity index (χ4v) is 17.1. The van der Waals surface area contributed by atoms with Crippen molar-refractivity contribution in [3.63, 3.8) is 0 Å². The van der Waals surface area contributed by atoms with Gasteiger partial charge in [-0.1, -0.05) is 26.7 Å². The fourth-order valence-electron chi connectivity index (χ4n) is 7.71. The maximum atomic E-state index is 10.9. The Bertz CT molecular complexity index is 1470. The third-order valence-electron chi connectivity index (χ3n) is 14.7. The standard InChI is InChI=1S/C14H33NO2Si.C12H28N2O5Si.C10H23NO5Si.C8H21NO3Si.C7H19NO2Si.C6H17NO2Si/c1-6-8-11-15(12-9-7-2)13-10-14-18(5,16-3)17-4;1-16-12(15)6-8-14-10-9-13-7-5-11-20(17-2,18-3)19-4;1-13-10(12)6-8-11-7-5-9-17(14-2,15-3)16-4;1-9(2)7-6-8-13(10-3,11-4)12-5;1-8(2)6-7-11(5,9-3)10-4;1-8-10(3,9-2)6-4-5-7/h6-14H2,1-5H3;13-14H,5-11H2,1-4H3;11H,5-9H2,1-4H3;6-8H2,1-5H3;6-7H2,1-5H3;4-7H2,1-3H3. The number of nitrogens with zero attached hydrogens (tertiary/aromatic N) is 3. The number of nitrogens with two attached hydrogens (primary N) is 1. The smallest absolute Gasteiger partial charge is 0.469 e. The first-order valence-electron chi connectivity index (χ1n) is 31.5. The zero-order valence-electron chi connectivity index (χ0n) is 61.7. The van der Waals surface area contributed by atoms with E-state index >= 15 is 0 Å². The van der Waals surface area contributed by atoms with Gasteiger partial charge < -0.3 is 112 Å². The number of hydrogen-bond acceptors (Lipinski definition) is 26. The maximum absolute atomic E-state index is 10.9. The SMILES string of the molecule is CCCCN(CCCC)CCC[Si](C)(OC)OC.COC(=O)CCNCCC[Si](OC)(OC)OC.COC(=O)CCNCCNCCC[Si](OC)(OC)OC.CO[Si](C)(CCCN)OC.CO[Si](C)(CCN(C)C)OC.CO[Si](CCCN(C)C)(OC)OC. The predicted molar refractivity (Wildman–Crippen MR) is 373 cm³/mol. The first-order chi connectivity index (χ1) is 42.2. The lowest BCUT2D eigenvalue weighted by Crippen LogP contribution is -2.43. The molecule has 0 aliphatic rings. The zero-order valence-corrected chi connectivity index (χ0v) is 67.7. The Morgan fingerprint density at radius 2 is 0.618 bits per heavy atom. The van der Waals surface area contributed by atoms with Crippen molar-refractivity contribution in [1.82, 2.24) is 30.7 Å². The lowest BCUT2D eigenvalue weighted by Gasteiger charge is -2.26. The summed E-state index contributed by atoms with van der Waals surface area (Å²) in [6.45, 7) is 21.9. The van der Waals surface area contributed by atoms with Crippen molar-refractivity contribution in [2.45, 2.75) is 140 Å². The van der Waals surface area contributed by atoms with Crippen LogP contribution in [0.1, 0.15) is 84.5 Å². The number of methoxy groups -OCH3 is 2. The Morgan fingerprint density at radius 3 is 0.910 bits per heavy atom. The number of esters is 2. The molecule has 0 rings (SSSR count). The summed E-state index contributed by atoms with van der Waals surface area (Å²) in [5, 5.41) is 9.62. The van der Waals surface area contributed by atoms with Crippen LogP contribution in [-0.2, 0) is 85.5 Å². The minimum atomic E-state index is -2.44. The van der Waals surface area contributed by atoms with Gasteiger partial charge in [0.2, 0.25) is 0 Å². The average molecular weight is 1400 g/mol. The van der Waals surface area contributed by atoms with E-state index in [1.807, 2.05) is 6.55 Å². The van der Waals surface area contributed by atoms with Gasteiger partial charge in [-0.15, -0.1) is 0 Å². The highest BCUT2D eigenvalue weighted by molar-refractivity contribution is 6.66. The van der Waals surface area contributed by atoms with Crippen LogP contribution in [0.25, 0.3) is 0 Å². The normalized spacial score (nSPS) is 12.0. The molecule has 0 aliphatic carbocycles. The number of ether oxygens (including phenoxy) is 2. The number of nitrogens with one attached hydrogen (secondary N) is 3. The predicted octanol–water partition coefficient (Wildman–Crippen LogP) is 6.48. The van der Waals surface area contributed by atoms with Crippen LogP contribution in [0.5, 0.6) is 0 Å². The molecule has 0 saturated heterocycles. The summed E-state index contributed by atoms with van der Waals surface area (Å²) in [6, 6.07) is 5.51. The molecule has 32 heteroatoms. The van der Waals surface area contributed by atoms with E-state index in [1.165, 1.54) is 66.0 Å². The molecule has 0 saturated carbocycles. The molecule has 0 unspecified atom stereocenters. The molecule has 0 heterocycles. The molecular weight excluding hydrogens is 1260 g/mol. The van der Waals surface area contributed by atoms with Gasteiger partial charge >= 0.3 is 64.0 Å². The van der Waals surface area contributed by atoms with E-state index in [2.05, 4.69) is 95.3 Å². The van der Waals surface area contributed by atoms with Crippen molar-refractivity contribution < 1.29 is 85.5 Å². The maximum Gasteiger partial charge on any atom is 0.500 e. The molecule has 0 spiro atoms. The molecule has 0 aliphatic heterocycles. The van der Waals surface area contributed by atoms with Crippen LogP contribution in [-0.4, -0.2) is 306 Å². The van der Waals surface area contributed by atoms with Crippen molar-refractivity contribution in [1.29, 1.82) is 0 Å². The molecule has 5 N–H and O–H groups in total. The number of unbranched alkanes of at least 4 members (excludes halogenated alkanes) is 2. The summed E-state index contributed by atoms with van der Waals surface area (Å²) in [5.41, 5.74) is 5.36. The van der Waals surface area contributed by atoms with E-state index < -0.39 is 52.1 Å². The molecule has 0 aromatic heterocycles. The summed E-state index contributed by atoms with van der Waals surface area (Å²) < 4.78 is 89.1. The zero-order chi connectivity index (χ0) is 69.5. The molecule has 0 bridgehead atoms. The van der Waals surface area contributed by atoms with E-state index in [0.717, 1.165) is 108 Å². The largest absolute Gasteiger partial charge is 0.500 e. The highest BCUT2D eigenvalue weighted by atomic mass is 28.4. The van der Waals surface area contributed by atoms with Gasteiger partial charge in [-0.05, 0) is 157 Å². The van der Waals surface area contributed by atoms with Gasteiger partial charge in [-0.2, -0.15) is 0 Å². The molecule has 0 radical (unpaired) electrons. The van der Waals surface area contributed by atoms with Gasteiger partial charge in [-0.25, -0.2) is 0 Å². The van der Waals surface area contributed by atoms with Crippen LogP contribution in [0.2, 0.25) is 55.9 Å². The number of carbonyl (C=O) groups excluding carboxylic acids is 2. The third-order valence-corrected chi connectivity index (χ3v) is 32.0. The molecule has 0 amide bonds. The van der Waals surface area contributed by atoms with Crippen molar-refractivity contribution in [2.24, 2.45) is 5.73 Å². The molecule has 0 fully saturated rings. The second kappa shape index (κ2) is 66.0. The minimum absolute atomic E-state index is 0.189. The minimum Gasteiger partial charge on any atom is -0.469 e. The van der Waals surface area contributed by atoms with Crippen LogP contribution >= 0.6 is 0 Å². The number of hydrogen-bond donors (Lipinski definition) is 4. The molecular formula is C57H141N7O19Si6. The van der Waals surface area contributed by atoms with Crippen LogP contribution in [0.4, 0.5) is 0 Å². The monoisotopic (exact) mass is 1400 g/mol. The highest BCUT2D eigenvalue weighted by Gasteiger charge is 2.39. The van der Waals surface area contributed by atoms with Crippen molar-refractivity contribution in [2.75, 3.05) is 228 Å². The summed E-state index contributed by atoms with van der Waals surface area (Å²) in [7, 11) is 23.4. The quantitative estimate of drug-likeness (QED) is 0.0289. The average Bonchev–Trinajstić information content (AvgIpc) is 3.64. The van der Waals surface area contributed by atoms with Crippen LogP contribution in [0, 0.1) is 0 Å². The summed E-state index contributed by atoms with van der Waals surface area (Å²) in [6.07, 6.45) is 11.0. The van der Waals surface area contributed by atoms with Crippen molar-refractivity contribution in [3.8, 4) is 0 Å². The van der Waals surface area contributed by atoms with Gasteiger partial charge in [0.25, 0.3) is 0 Å². The van der Waals surface area contributed by atoms with Gasteiger partial charge in [0.05, 0.1) is 27.1 Å². The van der Waals surface area contributed by atoms with E-state index in [9.17, 15) is 9.59 Å². The van der Waals surface area contributed by atoms with E-state index in [-0.39, 0.29) is 11.9 Å². The van der Waals surface area contributed by atoms with Crippen LogP contribution in [0.15, 0.2) is 0 Å². The van der Waals surface area contributed by atoms with Gasteiger partial charge in [0.1, 0.15) is 0 Å².